The van der Waals surface area contributed by atoms with Crippen molar-refractivity contribution in [2.75, 3.05) is 26.2 Å². The van der Waals surface area contributed by atoms with Gasteiger partial charge in [-0.15, -0.1) is 0 Å². The lowest BCUT2D eigenvalue weighted by atomic mass is 10.1. The van der Waals surface area contributed by atoms with E-state index in [1.807, 2.05) is 30.3 Å². The molecule has 1 aliphatic rings. The second-order valence-corrected chi connectivity index (χ2v) is 6.86. The Labute approximate surface area is 165 Å². The quantitative estimate of drug-likeness (QED) is 0.382. The number of carbonyl (C=O) groups excluding carboxylic acids is 3. The van der Waals surface area contributed by atoms with Crippen LogP contribution < -0.4 is 5.48 Å². The third-order valence-electron chi connectivity index (χ3n) is 4.76. The Hall–Kier alpha value is -2.61. The Kier molecular flexibility index (Phi) is 9.27. The van der Waals surface area contributed by atoms with Crippen molar-refractivity contribution in [2.24, 2.45) is 0 Å². The van der Waals surface area contributed by atoms with Gasteiger partial charge in [0.25, 0.3) is 0 Å². The number of benzene rings is 1. The number of hydrogen-bond donors (Lipinski definition) is 2. The van der Waals surface area contributed by atoms with Crippen LogP contribution in [-0.2, 0) is 20.9 Å². The van der Waals surface area contributed by atoms with Gasteiger partial charge in [0, 0.05) is 39.0 Å². The minimum Gasteiger partial charge on any atom is -0.445 e. The van der Waals surface area contributed by atoms with E-state index in [2.05, 4.69) is 0 Å². The summed E-state index contributed by atoms with van der Waals surface area (Å²) in [6.45, 7) is 2.26. The summed E-state index contributed by atoms with van der Waals surface area (Å²) in [6, 6.07) is 9.53. The molecule has 0 unspecified atom stereocenters. The normalized spacial score (nSPS) is 13.9. The molecular formula is C20H29N3O5. The van der Waals surface area contributed by atoms with E-state index >= 15 is 0 Å². The number of hydroxylamine groups is 1. The molecule has 0 saturated carbocycles. The second kappa shape index (κ2) is 12.0. The van der Waals surface area contributed by atoms with Gasteiger partial charge in [0.05, 0.1) is 0 Å². The summed E-state index contributed by atoms with van der Waals surface area (Å²) in [7, 11) is 0. The standard InChI is InChI=1S/C20H29N3O5/c24-18(21-27)10-6-1-2-7-11-19(25)22-12-14-23(15-13-22)20(26)28-16-17-8-4-3-5-9-17/h3-5,8-9,27H,1-2,6-7,10-16H2,(H,21,24). The molecule has 1 aromatic carbocycles. The van der Waals surface area contributed by atoms with E-state index in [9.17, 15) is 14.4 Å². The van der Waals surface area contributed by atoms with Gasteiger partial charge in [-0.2, -0.15) is 0 Å². The van der Waals surface area contributed by atoms with Crippen molar-refractivity contribution in [3.05, 3.63) is 35.9 Å². The van der Waals surface area contributed by atoms with Crippen LogP contribution >= 0.6 is 0 Å². The maximum Gasteiger partial charge on any atom is 0.410 e. The molecule has 0 radical (unpaired) electrons. The summed E-state index contributed by atoms with van der Waals surface area (Å²) in [5.41, 5.74) is 2.55. The second-order valence-electron chi connectivity index (χ2n) is 6.86. The SMILES string of the molecule is O=C(CCCCCCC(=O)N1CCN(C(=O)OCc2ccccc2)CC1)NO. The number of ether oxygens (including phenoxy) is 1. The third-order valence-corrected chi connectivity index (χ3v) is 4.76. The first-order chi connectivity index (χ1) is 13.6. The maximum absolute atomic E-state index is 12.3. The first kappa shape index (κ1) is 21.7. The van der Waals surface area contributed by atoms with Gasteiger partial charge in [0.1, 0.15) is 6.61 Å². The maximum atomic E-state index is 12.3. The Morgan fingerprint density at radius 1 is 0.893 bits per heavy atom. The summed E-state index contributed by atoms with van der Waals surface area (Å²) in [5, 5.41) is 8.41. The lowest BCUT2D eigenvalue weighted by molar-refractivity contribution is -0.133. The average molecular weight is 391 g/mol. The molecule has 2 N–H and O–H groups in total. The number of hydrogen-bond acceptors (Lipinski definition) is 5. The average Bonchev–Trinajstić information content (AvgIpc) is 2.74. The van der Waals surface area contributed by atoms with Crippen molar-refractivity contribution in [2.45, 2.75) is 45.1 Å². The fourth-order valence-corrected chi connectivity index (χ4v) is 3.08. The Morgan fingerprint density at radius 2 is 1.50 bits per heavy atom. The zero-order valence-corrected chi connectivity index (χ0v) is 16.1. The highest BCUT2D eigenvalue weighted by atomic mass is 16.6. The fourth-order valence-electron chi connectivity index (χ4n) is 3.08. The topological polar surface area (TPSA) is 99.2 Å². The number of piperazine rings is 1. The van der Waals surface area contributed by atoms with Crippen molar-refractivity contribution in [3.8, 4) is 0 Å². The highest BCUT2D eigenvalue weighted by Crippen LogP contribution is 2.11. The minimum atomic E-state index is -0.378. The van der Waals surface area contributed by atoms with Crippen LogP contribution in [-0.4, -0.2) is 59.1 Å². The molecular weight excluding hydrogens is 362 g/mol. The molecule has 0 atom stereocenters. The molecule has 0 aromatic heterocycles. The van der Waals surface area contributed by atoms with E-state index in [1.165, 1.54) is 0 Å². The largest absolute Gasteiger partial charge is 0.445 e. The van der Waals surface area contributed by atoms with E-state index in [0.29, 0.717) is 45.4 Å². The van der Waals surface area contributed by atoms with Crippen LogP contribution in [0.1, 0.15) is 44.1 Å². The van der Waals surface area contributed by atoms with E-state index in [4.69, 9.17) is 9.94 Å². The lowest BCUT2D eigenvalue weighted by Crippen LogP contribution is -2.50. The molecule has 1 saturated heterocycles. The van der Waals surface area contributed by atoms with E-state index in [-0.39, 0.29) is 24.5 Å². The van der Waals surface area contributed by atoms with Gasteiger partial charge in [-0.3, -0.25) is 14.8 Å². The van der Waals surface area contributed by atoms with Crippen LogP contribution in [0.3, 0.4) is 0 Å². The zero-order chi connectivity index (χ0) is 20.2. The molecule has 8 heteroatoms. The monoisotopic (exact) mass is 391 g/mol. The molecule has 1 heterocycles. The summed E-state index contributed by atoms with van der Waals surface area (Å²) in [5.74, 6) is -0.276. The highest BCUT2D eigenvalue weighted by molar-refractivity contribution is 5.76. The van der Waals surface area contributed by atoms with Gasteiger partial charge in [0.15, 0.2) is 0 Å². The van der Waals surface area contributed by atoms with Crippen LogP contribution in [0.25, 0.3) is 0 Å². The van der Waals surface area contributed by atoms with Crippen LogP contribution in [0.2, 0.25) is 0 Å². The minimum absolute atomic E-state index is 0.102. The van der Waals surface area contributed by atoms with Crippen molar-refractivity contribution in [3.63, 3.8) is 0 Å². The van der Waals surface area contributed by atoms with Gasteiger partial charge in [-0.25, -0.2) is 10.3 Å². The Morgan fingerprint density at radius 3 is 2.14 bits per heavy atom. The third kappa shape index (κ3) is 7.56. The first-order valence-corrected chi connectivity index (χ1v) is 9.76. The van der Waals surface area contributed by atoms with Crippen LogP contribution in [0.4, 0.5) is 4.79 Å². The lowest BCUT2D eigenvalue weighted by Gasteiger charge is -2.34. The van der Waals surface area contributed by atoms with Gasteiger partial charge in [-0.05, 0) is 18.4 Å². The molecule has 8 nitrogen and oxygen atoms in total. The van der Waals surface area contributed by atoms with E-state index in [0.717, 1.165) is 24.8 Å². The number of rotatable bonds is 9. The zero-order valence-electron chi connectivity index (χ0n) is 16.1. The molecule has 2 rings (SSSR count). The van der Waals surface area contributed by atoms with Crippen molar-refractivity contribution < 1.29 is 24.3 Å². The molecule has 0 aliphatic carbocycles. The Balaban J connectivity index is 1.57. The van der Waals surface area contributed by atoms with E-state index in [1.54, 1.807) is 15.3 Å². The molecule has 0 spiro atoms. The number of unbranched alkanes of at least 4 members (excludes halogenated alkanes) is 3. The molecule has 1 aliphatic heterocycles. The molecule has 154 valence electrons. The molecule has 28 heavy (non-hydrogen) atoms. The highest BCUT2D eigenvalue weighted by Gasteiger charge is 2.24. The van der Waals surface area contributed by atoms with Gasteiger partial charge in [0.2, 0.25) is 11.8 Å². The molecule has 3 amide bonds. The molecule has 1 aromatic rings. The predicted octanol–water partition coefficient (Wildman–Crippen LogP) is 2.31. The van der Waals surface area contributed by atoms with Crippen LogP contribution in [0.5, 0.6) is 0 Å². The summed E-state index contributed by atoms with van der Waals surface area (Å²) in [6.07, 6.45) is 3.63. The smallest absolute Gasteiger partial charge is 0.410 e. The number of carbonyl (C=O) groups is 3. The number of amides is 3. The summed E-state index contributed by atoms with van der Waals surface area (Å²) < 4.78 is 5.33. The summed E-state index contributed by atoms with van der Waals surface area (Å²) >= 11 is 0. The Bertz CT molecular complexity index is 630. The number of nitrogens with zero attached hydrogens (tertiary/aromatic N) is 2. The van der Waals surface area contributed by atoms with E-state index < -0.39 is 0 Å². The van der Waals surface area contributed by atoms with Crippen LogP contribution in [0.15, 0.2) is 30.3 Å². The van der Waals surface area contributed by atoms with Crippen molar-refractivity contribution in [1.82, 2.24) is 15.3 Å². The van der Waals surface area contributed by atoms with Crippen molar-refractivity contribution >= 4 is 17.9 Å². The van der Waals surface area contributed by atoms with Gasteiger partial charge >= 0.3 is 6.09 Å². The van der Waals surface area contributed by atoms with Crippen LogP contribution in [0, 0.1) is 0 Å². The molecule has 1 fully saturated rings. The molecule has 0 bridgehead atoms. The number of nitrogens with one attached hydrogen (secondary N) is 1. The summed E-state index contributed by atoms with van der Waals surface area (Å²) in [4.78, 5) is 38.7. The predicted molar refractivity (Wildman–Crippen MR) is 102 cm³/mol. The van der Waals surface area contributed by atoms with Crippen molar-refractivity contribution in [1.29, 1.82) is 0 Å². The fraction of sp³-hybridized carbons (Fsp3) is 0.550. The first-order valence-electron chi connectivity index (χ1n) is 9.76. The van der Waals surface area contributed by atoms with Gasteiger partial charge < -0.3 is 14.5 Å². The van der Waals surface area contributed by atoms with Gasteiger partial charge in [-0.1, -0.05) is 43.2 Å².